The fraction of sp³-hybridized carbons (Fsp3) is 0.462. The van der Waals surface area contributed by atoms with Crippen LogP contribution >= 0.6 is 0 Å². The van der Waals surface area contributed by atoms with Crippen molar-refractivity contribution in [2.75, 3.05) is 19.8 Å². The molecule has 1 aromatic rings. The van der Waals surface area contributed by atoms with Crippen molar-refractivity contribution >= 4 is 13.4 Å². The predicted molar refractivity (Wildman–Crippen MR) is 72.6 cm³/mol. The van der Waals surface area contributed by atoms with Crippen LogP contribution in [0.4, 0.5) is 0 Å². The molecular weight excluding hydrogens is 227 g/mol. The van der Waals surface area contributed by atoms with E-state index in [1.54, 1.807) is 0 Å². The fourth-order valence-electron chi connectivity index (χ4n) is 2.19. The van der Waals surface area contributed by atoms with Gasteiger partial charge in [-0.15, -0.1) is 0 Å². The SMILES string of the molecule is NCOBCc1ccc(C(=O)N2CCCC2)cc1. The van der Waals surface area contributed by atoms with Gasteiger partial charge in [0.1, 0.15) is 0 Å². The lowest BCUT2D eigenvalue weighted by Gasteiger charge is -2.15. The zero-order valence-electron chi connectivity index (χ0n) is 10.6. The molecule has 1 fully saturated rings. The minimum atomic E-state index is 0.150. The van der Waals surface area contributed by atoms with E-state index in [1.807, 2.05) is 29.2 Å². The van der Waals surface area contributed by atoms with Crippen molar-refractivity contribution in [1.29, 1.82) is 0 Å². The van der Waals surface area contributed by atoms with Crippen molar-refractivity contribution in [1.82, 2.24) is 4.90 Å². The van der Waals surface area contributed by atoms with Gasteiger partial charge in [-0.05, 0) is 31.3 Å². The number of carbonyl (C=O) groups excluding carboxylic acids is 1. The first-order chi connectivity index (χ1) is 8.81. The van der Waals surface area contributed by atoms with Crippen LogP contribution in [0.15, 0.2) is 24.3 Å². The quantitative estimate of drug-likeness (QED) is 0.473. The van der Waals surface area contributed by atoms with Gasteiger partial charge in [0.15, 0.2) is 0 Å². The maximum Gasteiger partial charge on any atom is 0.281 e. The second kappa shape index (κ2) is 6.57. The highest BCUT2D eigenvalue weighted by Crippen LogP contribution is 2.13. The molecule has 5 heteroatoms. The smallest absolute Gasteiger partial charge is 0.281 e. The average Bonchev–Trinajstić information content (AvgIpc) is 2.93. The van der Waals surface area contributed by atoms with Crippen molar-refractivity contribution in [2.24, 2.45) is 5.73 Å². The van der Waals surface area contributed by atoms with Gasteiger partial charge in [-0.3, -0.25) is 4.79 Å². The number of carbonyl (C=O) groups is 1. The predicted octanol–water partition coefficient (Wildman–Crippen LogP) is 0.707. The monoisotopic (exact) mass is 246 g/mol. The van der Waals surface area contributed by atoms with Crippen LogP contribution in [0.25, 0.3) is 0 Å². The second-order valence-electron chi connectivity index (χ2n) is 4.52. The number of rotatable bonds is 5. The largest absolute Gasteiger partial charge is 0.427 e. The summed E-state index contributed by atoms with van der Waals surface area (Å²) in [5.74, 6) is 0.150. The van der Waals surface area contributed by atoms with Gasteiger partial charge in [0, 0.05) is 18.7 Å². The number of benzene rings is 1. The van der Waals surface area contributed by atoms with Gasteiger partial charge in [-0.2, -0.15) is 0 Å². The molecule has 0 radical (unpaired) electrons. The molecule has 1 amide bonds. The number of amides is 1. The second-order valence-corrected chi connectivity index (χ2v) is 4.52. The van der Waals surface area contributed by atoms with E-state index < -0.39 is 0 Å². The Bertz CT molecular complexity index is 388. The van der Waals surface area contributed by atoms with Crippen molar-refractivity contribution in [2.45, 2.75) is 19.2 Å². The Morgan fingerprint density at radius 2 is 1.94 bits per heavy atom. The summed E-state index contributed by atoms with van der Waals surface area (Å²) in [5.41, 5.74) is 7.20. The van der Waals surface area contributed by atoms with E-state index in [-0.39, 0.29) is 12.6 Å². The molecule has 0 atom stereocenters. The summed E-state index contributed by atoms with van der Waals surface area (Å²) in [4.78, 5) is 14.0. The van der Waals surface area contributed by atoms with Crippen molar-refractivity contribution < 1.29 is 9.45 Å². The molecule has 0 unspecified atom stereocenters. The highest BCUT2D eigenvalue weighted by atomic mass is 16.4. The van der Waals surface area contributed by atoms with Gasteiger partial charge in [-0.1, -0.05) is 17.7 Å². The molecule has 0 saturated carbocycles. The Hall–Kier alpha value is -1.33. The average molecular weight is 246 g/mol. The zero-order chi connectivity index (χ0) is 12.8. The van der Waals surface area contributed by atoms with E-state index in [0.717, 1.165) is 37.8 Å². The van der Waals surface area contributed by atoms with Gasteiger partial charge in [-0.25, -0.2) is 0 Å². The van der Waals surface area contributed by atoms with Gasteiger partial charge in [0.25, 0.3) is 13.4 Å². The summed E-state index contributed by atoms with van der Waals surface area (Å²) in [6.45, 7) is 2.04. The van der Waals surface area contributed by atoms with Crippen molar-refractivity contribution in [3.8, 4) is 0 Å². The summed E-state index contributed by atoms with van der Waals surface area (Å²) in [7, 11) is 0.621. The minimum Gasteiger partial charge on any atom is -0.427 e. The summed E-state index contributed by atoms with van der Waals surface area (Å²) in [5, 5.41) is 0. The molecule has 0 aromatic heterocycles. The van der Waals surface area contributed by atoms with Gasteiger partial charge >= 0.3 is 0 Å². The van der Waals surface area contributed by atoms with Crippen LogP contribution in [0.3, 0.4) is 0 Å². The standard InChI is InChI=1S/C13H19BN2O2/c15-10-18-14-9-11-3-5-12(6-4-11)13(17)16-7-1-2-8-16/h3-6,14H,1-2,7-10,15H2. The van der Waals surface area contributed by atoms with Gasteiger partial charge in [0.2, 0.25) is 0 Å². The van der Waals surface area contributed by atoms with Crippen LogP contribution in [-0.4, -0.2) is 38.1 Å². The molecule has 1 heterocycles. The summed E-state index contributed by atoms with van der Waals surface area (Å²) < 4.78 is 5.10. The van der Waals surface area contributed by atoms with E-state index in [1.165, 1.54) is 5.56 Å². The van der Waals surface area contributed by atoms with E-state index >= 15 is 0 Å². The summed E-state index contributed by atoms with van der Waals surface area (Å²) >= 11 is 0. The van der Waals surface area contributed by atoms with Crippen LogP contribution in [-0.2, 0) is 11.0 Å². The van der Waals surface area contributed by atoms with Crippen LogP contribution in [0, 0.1) is 0 Å². The normalized spacial score (nSPS) is 14.8. The van der Waals surface area contributed by atoms with Crippen LogP contribution < -0.4 is 5.73 Å². The molecule has 1 saturated heterocycles. The van der Waals surface area contributed by atoms with E-state index in [2.05, 4.69) is 0 Å². The molecule has 18 heavy (non-hydrogen) atoms. The topological polar surface area (TPSA) is 55.6 Å². The molecule has 0 bridgehead atoms. The number of hydrogen-bond donors (Lipinski definition) is 1. The fourth-order valence-corrected chi connectivity index (χ4v) is 2.19. The van der Waals surface area contributed by atoms with Crippen LogP contribution in [0.2, 0.25) is 0 Å². The first-order valence-corrected chi connectivity index (χ1v) is 6.47. The summed E-state index contributed by atoms with van der Waals surface area (Å²) in [6.07, 6.45) is 3.08. The molecular formula is C13H19BN2O2. The first kappa shape index (κ1) is 13.1. The van der Waals surface area contributed by atoms with Gasteiger partial charge in [0.05, 0.1) is 6.73 Å². The molecule has 0 aliphatic carbocycles. The third-order valence-electron chi connectivity index (χ3n) is 3.25. The molecule has 1 aliphatic rings. The molecule has 2 N–H and O–H groups in total. The lowest BCUT2D eigenvalue weighted by Crippen LogP contribution is -2.27. The molecule has 96 valence electrons. The van der Waals surface area contributed by atoms with E-state index in [0.29, 0.717) is 7.48 Å². The van der Waals surface area contributed by atoms with Gasteiger partial charge < -0.3 is 15.3 Å². The van der Waals surface area contributed by atoms with E-state index in [9.17, 15) is 4.79 Å². The number of hydrogen-bond acceptors (Lipinski definition) is 3. The molecule has 1 aromatic carbocycles. The number of likely N-dealkylation sites (tertiary alicyclic amines) is 1. The maximum atomic E-state index is 12.1. The third-order valence-corrected chi connectivity index (χ3v) is 3.25. The zero-order valence-corrected chi connectivity index (χ0v) is 10.6. The summed E-state index contributed by atoms with van der Waals surface area (Å²) in [6, 6.07) is 7.78. The maximum absolute atomic E-state index is 12.1. The molecule has 2 rings (SSSR count). The molecule has 0 spiro atoms. The Morgan fingerprint density at radius 1 is 1.28 bits per heavy atom. The van der Waals surface area contributed by atoms with Crippen molar-refractivity contribution in [3.63, 3.8) is 0 Å². The molecule has 4 nitrogen and oxygen atoms in total. The third kappa shape index (κ3) is 3.34. The Morgan fingerprint density at radius 3 is 2.56 bits per heavy atom. The van der Waals surface area contributed by atoms with Crippen molar-refractivity contribution in [3.05, 3.63) is 35.4 Å². The van der Waals surface area contributed by atoms with Crippen LogP contribution in [0.5, 0.6) is 0 Å². The highest BCUT2D eigenvalue weighted by molar-refractivity contribution is 6.26. The first-order valence-electron chi connectivity index (χ1n) is 6.47. The Balaban J connectivity index is 1.92. The Kier molecular flexibility index (Phi) is 4.78. The lowest BCUT2D eigenvalue weighted by molar-refractivity contribution is 0.0793. The van der Waals surface area contributed by atoms with E-state index in [4.69, 9.17) is 10.4 Å². The molecule has 1 aliphatic heterocycles. The lowest BCUT2D eigenvalue weighted by atomic mass is 9.89. The number of nitrogens with two attached hydrogens (primary N) is 1. The highest BCUT2D eigenvalue weighted by Gasteiger charge is 2.18. The number of nitrogens with zero attached hydrogens (tertiary/aromatic N) is 1. The van der Waals surface area contributed by atoms with Crippen LogP contribution in [0.1, 0.15) is 28.8 Å². The minimum absolute atomic E-state index is 0.150. The Labute approximate surface area is 108 Å².